The number of nitrogens with one attached hydrogen (secondary N) is 1. The van der Waals surface area contributed by atoms with Crippen molar-refractivity contribution in [2.24, 2.45) is 0 Å². The molecule has 0 aromatic heterocycles. The number of hydrogen-bond acceptors (Lipinski definition) is 4. The van der Waals surface area contributed by atoms with Crippen LogP contribution >= 0.6 is 11.8 Å². The summed E-state index contributed by atoms with van der Waals surface area (Å²) in [5.74, 6) is -0.0929. The van der Waals surface area contributed by atoms with Gasteiger partial charge in [0.1, 0.15) is 0 Å². The molecule has 132 valence electrons. The lowest BCUT2D eigenvalue weighted by Gasteiger charge is -2.12. The highest BCUT2D eigenvalue weighted by atomic mass is 32.2. The molecule has 25 heavy (non-hydrogen) atoms. The minimum absolute atomic E-state index is 0.0459. The number of aryl methyl sites for hydroxylation is 1. The van der Waals surface area contributed by atoms with Gasteiger partial charge in [-0.2, -0.15) is 0 Å². The molecular formula is C19H22N2O3S. The maximum Gasteiger partial charge on any atom is 0.269 e. The van der Waals surface area contributed by atoms with Gasteiger partial charge in [-0.05, 0) is 49.6 Å². The first-order valence-electron chi connectivity index (χ1n) is 8.30. The van der Waals surface area contributed by atoms with Crippen LogP contribution in [-0.4, -0.2) is 16.1 Å². The summed E-state index contributed by atoms with van der Waals surface area (Å²) in [6.07, 6.45) is 3.38. The standard InChI is InChI=1S/C19H22N2O3S/c1-3-4-5-15-6-8-16(9-7-15)20-19(22)14(2)25-18-12-10-17(11-13-18)21(23)24/h6-14H,3-5H2,1-2H3,(H,20,22)/t14-/m0/s1. The van der Waals surface area contributed by atoms with E-state index in [9.17, 15) is 14.9 Å². The van der Waals surface area contributed by atoms with Crippen LogP contribution in [0.25, 0.3) is 0 Å². The summed E-state index contributed by atoms with van der Waals surface area (Å²) in [7, 11) is 0. The van der Waals surface area contributed by atoms with E-state index < -0.39 is 4.92 Å². The number of non-ortho nitro benzene ring substituents is 1. The Morgan fingerprint density at radius 3 is 2.36 bits per heavy atom. The molecule has 6 heteroatoms. The van der Waals surface area contributed by atoms with Gasteiger partial charge in [-0.3, -0.25) is 14.9 Å². The lowest BCUT2D eigenvalue weighted by atomic mass is 10.1. The molecule has 0 heterocycles. The van der Waals surface area contributed by atoms with Gasteiger partial charge in [-0.25, -0.2) is 0 Å². The summed E-state index contributed by atoms with van der Waals surface area (Å²) in [5, 5.41) is 13.3. The topological polar surface area (TPSA) is 72.2 Å². The summed E-state index contributed by atoms with van der Waals surface area (Å²) < 4.78 is 0. The van der Waals surface area contributed by atoms with Gasteiger partial charge in [0.2, 0.25) is 5.91 Å². The molecule has 0 spiro atoms. The molecule has 2 rings (SSSR count). The molecule has 0 aliphatic carbocycles. The summed E-state index contributed by atoms with van der Waals surface area (Å²) >= 11 is 1.37. The second-order valence-electron chi connectivity index (χ2n) is 5.80. The number of rotatable bonds is 8. The van der Waals surface area contributed by atoms with Crippen molar-refractivity contribution in [1.82, 2.24) is 0 Å². The summed E-state index contributed by atoms with van der Waals surface area (Å²) in [6.45, 7) is 3.98. The van der Waals surface area contributed by atoms with E-state index >= 15 is 0 Å². The maximum atomic E-state index is 12.3. The zero-order chi connectivity index (χ0) is 18.2. The van der Waals surface area contributed by atoms with Crippen LogP contribution in [0, 0.1) is 10.1 Å². The first kappa shape index (κ1) is 19.0. The summed E-state index contributed by atoms with van der Waals surface area (Å²) in [6, 6.07) is 14.1. The average molecular weight is 358 g/mol. The highest BCUT2D eigenvalue weighted by molar-refractivity contribution is 8.00. The van der Waals surface area contributed by atoms with Gasteiger partial charge in [-0.15, -0.1) is 11.8 Å². The number of hydrogen-bond donors (Lipinski definition) is 1. The number of nitro groups is 1. The minimum atomic E-state index is -0.436. The Hall–Kier alpha value is -2.34. The first-order valence-corrected chi connectivity index (χ1v) is 9.18. The number of nitrogens with zero attached hydrogens (tertiary/aromatic N) is 1. The largest absolute Gasteiger partial charge is 0.325 e. The lowest BCUT2D eigenvalue weighted by molar-refractivity contribution is -0.384. The zero-order valence-electron chi connectivity index (χ0n) is 14.4. The highest BCUT2D eigenvalue weighted by Crippen LogP contribution is 2.26. The molecule has 0 radical (unpaired) electrons. The van der Waals surface area contributed by atoms with Crippen molar-refractivity contribution in [1.29, 1.82) is 0 Å². The summed E-state index contributed by atoms with van der Waals surface area (Å²) in [4.78, 5) is 23.4. The van der Waals surface area contributed by atoms with Crippen molar-refractivity contribution < 1.29 is 9.72 Å². The molecule has 0 aliphatic heterocycles. The fourth-order valence-corrected chi connectivity index (χ4v) is 3.15. The van der Waals surface area contributed by atoms with Crippen molar-refractivity contribution in [3.05, 3.63) is 64.2 Å². The van der Waals surface area contributed by atoms with Crippen LogP contribution in [0.4, 0.5) is 11.4 Å². The van der Waals surface area contributed by atoms with Gasteiger partial charge in [0.05, 0.1) is 10.2 Å². The smallest absolute Gasteiger partial charge is 0.269 e. The van der Waals surface area contributed by atoms with E-state index in [0.29, 0.717) is 0 Å². The summed E-state index contributed by atoms with van der Waals surface area (Å²) in [5.41, 5.74) is 2.10. The predicted molar refractivity (Wildman–Crippen MR) is 102 cm³/mol. The first-order chi connectivity index (χ1) is 12.0. The van der Waals surface area contributed by atoms with E-state index in [1.165, 1.54) is 29.5 Å². The minimum Gasteiger partial charge on any atom is -0.325 e. The number of carbonyl (C=O) groups excluding carboxylic acids is 1. The molecule has 1 amide bonds. The van der Waals surface area contributed by atoms with Gasteiger partial charge < -0.3 is 5.32 Å². The van der Waals surface area contributed by atoms with Crippen LogP contribution in [-0.2, 0) is 11.2 Å². The third kappa shape index (κ3) is 5.90. The third-order valence-corrected chi connectivity index (χ3v) is 4.88. The zero-order valence-corrected chi connectivity index (χ0v) is 15.2. The number of thioether (sulfide) groups is 1. The number of nitro benzene ring substituents is 1. The SMILES string of the molecule is CCCCc1ccc(NC(=O)[C@H](C)Sc2ccc([N+](=O)[O-])cc2)cc1. The molecule has 0 saturated heterocycles. The number of unbranched alkanes of at least 4 members (excludes halogenated alkanes) is 1. The Bertz CT molecular complexity index is 714. The molecule has 2 aromatic carbocycles. The molecule has 1 atom stereocenters. The van der Waals surface area contributed by atoms with Crippen molar-refractivity contribution >= 4 is 29.0 Å². The molecule has 0 unspecified atom stereocenters. The van der Waals surface area contributed by atoms with Crippen LogP contribution in [0.2, 0.25) is 0 Å². The average Bonchev–Trinajstić information content (AvgIpc) is 2.61. The molecular weight excluding hydrogens is 336 g/mol. The fraction of sp³-hybridized carbons (Fsp3) is 0.316. The van der Waals surface area contributed by atoms with E-state index in [0.717, 1.165) is 29.8 Å². The number of amides is 1. The van der Waals surface area contributed by atoms with E-state index in [2.05, 4.69) is 12.2 Å². The van der Waals surface area contributed by atoms with Gasteiger partial charge in [0.15, 0.2) is 0 Å². The van der Waals surface area contributed by atoms with Crippen LogP contribution < -0.4 is 5.32 Å². The second-order valence-corrected chi connectivity index (χ2v) is 7.22. The Morgan fingerprint density at radius 1 is 1.16 bits per heavy atom. The third-order valence-electron chi connectivity index (χ3n) is 3.77. The van der Waals surface area contributed by atoms with Gasteiger partial charge in [0.25, 0.3) is 5.69 Å². The van der Waals surface area contributed by atoms with Crippen molar-refractivity contribution in [2.45, 2.75) is 43.3 Å². The van der Waals surface area contributed by atoms with Crippen molar-refractivity contribution in [3.8, 4) is 0 Å². The number of anilines is 1. The number of carbonyl (C=O) groups is 1. The van der Waals surface area contributed by atoms with E-state index in [4.69, 9.17) is 0 Å². The Kier molecular flexibility index (Phi) is 7.01. The molecule has 1 N–H and O–H groups in total. The Labute approximate surface area is 152 Å². The van der Waals surface area contributed by atoms with Crippen LogP contribution in [0.1, 0.15) is 32.3 Å². The van der Waals surface area contributed by atoms with E-state index in [-0.39, 0.29) is 16.8 Å². The molecule has 0 fully saturated rings. The predicted octanol–water partition coefficient (Wildman–Crippen LogP) is 5.06. The second kappa shape index (κ2) is 9.22. The Morgan fingerprint density at radius 2 is 1.80 bits per heavy atom. The lowest BCUT2D eigenvalue weighted by Crippen LogP contribution is -2.22. The number of benzene rings is 2. The van der Waals surface area contributed by atoms with E-state index in [1.807, 2.05) is 31.2 Å². The van der Waals surface area contributed by atoms with Gasteiger partial charge in [0, 0.05) is 22.7 Å². The fourth-order valence-electron chi connectivity index (χ4n) is 2.28. The normalized spacial score (nSPS) is 11.8. The van der Waals surface area contributed by atoms with Crippen molar-refractivity contribution in [2.75, 3.05) is 5.32 Å². The van der Waals surface area contributed by atoms with Crippen molar-refractivity contribution in [3.63, 3.8) is 0 Å². The molecule has 0 saturated carbocycles. The molecule has 0 aliphatic rings. The van der Waals surface area contributed by atoms with Gasteiger partial charge in [-0.1, -0.05) is 25.5 Å². The van der Waals surface area contributed by atoms with Crippen LogP contribution in [0.15, 0.2) is 53.4 Å². The maximum absolute atomic E-state index is 12.3. The Balaban J connectivity index is 1.90. The highest BCUT2D eigenvalue weighted by Gasteiger charge is 2.15. The van der Waals surface area contributed by atoms with Gasteiger partial charge >= 0.3 is 0 Å². The van der Waals surface area contributed by atoms with Crippen LogP contribution in [0.3, 0.4) is 0 Å². The van der Waals surface area contributed by atoms with E-state index in [1.54, 1.807) is 12.1 Å². The molecule has 2 aromatic rings. The monoisotopic (exact) mass is 358 g/mol. The molecule has 0 bridgehead atoms. The quantitative estimate of drug-likeness (QED) is 0.407. The molecule has 5 nitrogen and oxygen atoms in total. The van der Waals surface area contributed by atoms with Crippen LogP contribution in [0.5, 0.6) is 0 Å².